The van der Waals surface area contributed by atoms with E-state index in [2.05, 4.69) is 21.2 Å². The molecular formula is C14H13BrClNOS. The fraction of sp³-hybridized carbons (Fsp3) is 0.214. The molecule has 0 atom stereocenters. The van der Waals surface area contributed by atoms with E-state index in [4.69, 9.17) is 11.6 Å². The van der Waals surface area contributed by atoms with Gasteiger partial charge in [0.25, 0.3) is 5.91 Å². The number of amides is 1. The van der Waals surface area contributed by atoms with Gasteiger partial charge in [-0.2, -0.15) is 0 Å². The van der Waals surface area contributed by atoms with Gasteiger partial charge in [0.05, 0.1) is 4.34 Å². The van der Waals surface area contributed by atoms with Crippen LogP contribution in [0.15, 0.2) is 36.4 Å². The highest BCUT2D eigenvalue weighted by Gasteiger charge is 2.05. The van der Waals surface area contributed by atoms with Crippen LogP contribution in [0.4, 0.5) is 0 Å². The van der Waals surface area contributed by atoms with Crippen LogP contribution in [-0.2, 0) is 11.8 Å². The van der Waals surface area contributed by atoms with E-state index in [0.29, 0.717) is 12.1 Å². The first-order chi connectivity index (χ1) is 9.19. The number of halogens is 2. The van der Waals surface area contributed by atoms with E-state index < -0.39 is 0 Å². The molecular weight excluding hydrogens is 346 g/mol. The van der Waals surface area contributed by atoms with Crippen molar-refractivity contribution in [2.45, 2.75) is 11.8 Å². The highest BCUT2D eigenvalue weighted by Crippen LogP contribution is 2.21. The van der Waals surface area contributed by atoms with Gasteiger partial charge in [0.15, 0.2) is 0 Å². The largest absolute Gasteiger partial charge is 0.352 e. The number of hydrogen-bond donors (Lipinski definition) is 1. The van der Waals surface area contributed by atoms with Crippen molar-refractivity contribution in [3.05, 3.63) is 56.7 Å². The Hall–Kier alpha value is -0.840. The van der Waals surface area contributed by atoms with Gasteiger partial charge in [0.2, 0.25) is 0 Å². The van der Waals surface area contributed by atoms with Crippen LogP contribution < -0.4 is 5.32 Å². The summed E-state index contributed by atoms with van der Waals surface area (Å²) in [6.07, 6.45) is 0.808. The lowest BCUT2D eigenvalue weighted by molar-refractivity contribution is 0.0954. The zero-order valence-corrected chi connectivity index (χ0v) is 13.3. The summed E-state index contributed by atoms with van der Waals surface area (Å²) in [6, 6.07) is 11.4. The molecule has 0 bridgehead atoms. The van der Waals surface area contributed by atoms with Crippen molar-refractivity contribution in [1.82, 2.24) is 5.32 Å². The van der Waals surface area contributed by atoms with E-state index in [1.54, 1.807) is 11.3 Å². The molecule has 0 fully saturated rings. The molecule has 0 aliphatic heterocycles. The summed E-state index contributed by atoms with van der Waals surface area (Å²) in [6.45, 7) is 0.621. The fourth-order valence-corrected chi connectivity index (χ4v) is 3.09. The average molecular weight is 359 g/mol. The molecule has 2 rings (SSSR count). The van der Waals surface area contributed by atoms with Crippen LogP contribution >= 0.6 is 38.9 Å². The summed E-state index contributed by atoms with van der Waals surface area (Å²) < 4.78 is 0.784. The molecule has 1 heterocycles. The predicted molar refractivity (Wildman–Crippen MR) is 84.4 cm³/mol. The topological polar surface area (TPSA) is 29.1 Å². The molecule has 0 aliphatic carbocycles. The Bertz CT molecular complexity index is 553. The molecule has 1 aromatic carbocycles. The maximum Gasteiger partial charge on any atom is 0.251 e. The monoisotopic (exact) mass is 357 g/mol. The number of carbonyl (C=O) groups excluding carboxylic acids is 1. The zero-order chi connectivity index (χ0) is 13.7. The first kappa shape index (κ1) is 14.6. The Morgan fingerprint density at radius 3 is 2.53 bits per heavy atom. The quantitative estimate of drug-likeness (QED) is 0.795. The number of rotatable bonds is 5. The molecule has 0 aliphatic rings. The van der Waals surface area contributed by atoms with E-state index in [1.165, 1.54) is 4.88 Å². The molecule has 2 aromatic rings. The van der Waals surface area contributed by atoms with E-state index in [9.17, 15) is 4.79 Å². The maximum absolute atomic E-state index is 11.9. The number of thiophene rings is 1. The molecule has 100 valence electrons. The highest BCUT2D eigenvalue weighted by atomic mass is 79.9. The lowest BCUT2D eigenvalue weighted by Crippen LogP contribution is -2.25. The second-order valence-electron chi connectivity index (χ2n) is 4.04. The van der Waals surface area contributed by atoms with Crippen LogP contribution in [0.5, 0.6) is 0 Å². The molecule has 0 spiro atoms. The van der Waals surface area contributed by atoms with Crippen molar-refractivity contribution < 1.29 is 4.79 Å². The Kier molecular flexibility index (Phi) is 5.43. The summed E-state index contributed by atoms with van der Waals surface area (Å²) in [5.41, 5.74) is 1.85. The summed E-state index contributed by atoms with van der Waals surface area (Å²) in [5, 5.41) is 3.71. The van der Waals surface area contributed by atoms with Gasteiger partial charge >= 0.3 is 0 Å². The van der Waals surface area contributed by atoms with Gasteiger partial charge in [0, 0.05) is 22.3 Å². The number of alkyl halides is 1. The van der Waals surface area contributed by atoms with Gasteiger partial charge in [-0.15, -0.1) is 11.3 Å². The van der Waals surface area contributed by atoms with E-state index >= 15 is 0 Å². The second-order valence-corrected chi connectivity index (χ2v) is 6.40. The normalized spacial score (nSPS) is 10.4. The Morgan fingerprint density at radius 1 is 1.21 bits per heavy atom. The number of hydrogen-bond acceptors (Lipinski definition) is 2. The molecule has 1 amide bonds. The third kappa shape index (κ3) is 4.34. The van der Waals surface area contributed by atoms with Gasteiger partial charge < -0.3 is 5.32 Å². The lowest BCUT2D eigenvalue weighted by atomic mass is 10.1. The first-order valence-electron chi connectivity index (χ1n) is 5.86. The summed E-state index contributed by atoms with van der Waals surface area (Å²) in [4.78, 5) is 13.1. The first-order valence-corrected chi connectivity index (χ1v) is 8.18. The fourth-order valence-electron chi connectivity index (χ4n) is 1.63. The van der Waals surface area contributed by atoms with Crippen molar-refractivity contribution in [1.29, 1.82) is 0 Å². The summed E-state index contributed by atoms with van der Waals surface area (Å²) in [5.74, 6) is -0.0382. The average Bonchev–Trinajstić information content (AvgIpc) is 2.84. The molecule has 5 heteroatoms. The highest BCUT2D eigenvalue weighted by molar-refractivity contribution is 9.08. The number of carbonyl (C=O) groups is 1. The van der Waals surface area contributed by atoms with Gasteiger partial charge in [-0.25, -0.2) is 0 Å². The van der Waals surface area contributed by atoms with Crippen LogP contribution in [0.2, 0.25) is 4.34 Å². The molecule has 0 radical (unpaired) electrons. The smallest absolute Gasteiger partial charge is 0.251 e. The van der Waals surface area contributed by atoms with Crippen LogP contribution in [0.25, 0.3) is 0 Å². The molecule has 1 aromatic heterocycles. The third-order valence-corrected chi connectivity index (χ3v) is 4.59. The molecule has 1 N–H and O–H groups in total. The molecule has 2 nitrogen and oxygen atoms in total. The number of benzene rings is 1. The van der Waals surface area contributed by atoms with Gasteiger partial charge in [-0.05, 0) is 36.2 Å². The predicted octanol–water partition coefficient (Wildman–Crippen LogP) is 4.27. The van der Waals surface area contributed by atoms with Crippen LogP contribution in [0, 0.1) is 0 Å². The molecule has 0 unspecified atom stereocenters. The van der Waals surface area contributed by atoms with Gasteiger partial charge in [-0.1, -0.05) is 39.7 Å². The van der Waals surface area contributed by atoms with Crippen LogP contribution in [0.1, 0.15) is 20.8 Å². The molecule has 0 saturated carbocycles. The molecule has 0 saturated heterocycles. The lowest BCUT2D eigenvalue weighted by Gasteiger charge is -2.05. The minimum Gasteiger partial charge on any atom is -0.352 e. The number of nitrogens with one attached hydrogen (secondary N) is 1. The van der Waals surface area contributed by atoms with Crippen molar-refractivity contribution in [3.8, 4) is 0 Å². The van der Waals surface area contributed by atoms with Gasteiger partial charge in [-0.3, -0.25) is 4.79 Å². The van der Waals surface area contributed by atoms with Crippen LogP contribution in [0.3, 0.4) is 0 Å². The maximum atomic E-state index is 11.9. The summed E-state index contributed by atoms with van der Waals surface area (Å²) >= 11 is 10.8. The van der Waals surface area contributed by atoms with Crippen molar-refractivity contribution in [3.63, 3.8) is 0 Å². The minimum atomic E-state index is -0.0382. The van der Waals surface area contributed by atoms with E-state index in [-0.39, 0.29) is 5.91 Å². The Labute approximate surface area is 129 Å². The zero-order valence-electron chi connectivity index (χ0n) is 10.2. The van der Waals surface area contributed by atoms with Crippen molar-refractivity contribution in [2.75, 3.05) is 6.54 Å². The van der Waals surface area contributed by atoms with Crippen LogP contribution in [-0.4, -0.2) is 12.5 Å². The van der Waals surface area contributed by atoms with E-state index in [1.807, 2.05) is 36.4 Å². The minimum absolute atomic E-state index is 0.0382. The SMILES string of the molecule is O=C(NCCc1ccc(Cl)s1)c1ccc(CBr)cc1. The Balaban J connectivity index is 1.83. The van der Waals surface area contributed by atoms with E-state index in [0.717, 1.165) is 21.7 Å². The third-order valence-electron chi connectivity index (χ3n) is 2.66. The summed E-state index contributed by atoms with van der Waals surface area (Å²) in [7, 11) is 0. The van der Waals surface area contributed by atoms with Crippen molar-refractivity contribution in [2.24, 2.45) is 0 Å². The standard InChI is InChI=1S/C14H13BrClNOS/c15-9-10-1-3-11(4-2-10)14(18)17-8-7-12-5-6-13(16)19-12/h1-6H,7-9H2,(H,17,18). The molecule has 19 heavy (non-hydrogen) atoms. The second kappa shape index (κ2) is 7.08. The van der Waals surface area contributed by atoms with Gasteiger partial charge in [0.1, 0.15) is 0 Å². The Morgan fingerprint density at radius 2 is 1.95 bits per heavy atom. The van der Waals surface area contributed by atoms with Crippen molar-refractivity contribution >= 4 is 44.8 Å².